The summed E-state index contributed by atoms with van der Waals surface area (Å²) in [6, 6.07) is 0. The first-order valence-electron chi connectivity index (χ1n) is 12.9. The van der Waals surface area contributed by atoms with Gasteiger partial charge in [-0.05, 0) is 97.2 Å². The van der Waals surface area contributed by atoms with Crippen molar-refractivity contribution < 1.29 is 20.4 Å². The first-order chi connectivity index (χ1) is 14.5. The molecule has 4 nitrogen and oxygen atoms in total. The van der Waals surface area contributed by atoms with Crippen LogP contribution < -0.4 is 0 Å². The Morgan fingerprint density at radius 1 is 0.806 bits per heavy atom. The Balaban J connectivity index is 1.58. The highest BCUT2D eigenvalue weighted by Crippen LogP contribution is 2.68. The first kappa shape index (κ1) is 23.7. The lowest BCUT2D eigenvalue weighted by Gasteiger charge is -2.62. The van der Waals surface area contributed by atoms with E-state index in [1.807, 2.05) is 19.9 Å². The maximum atomic E-state index is 11.3. The molecule has 0 saturated heterocycles. The fraction of sp³-hybridized carbons (Fsp3) is 0.926. The Labute approximate surface area is 189 Å². The zero-order chi connectivity index (χ0) is 22.7. The van der Waals surface area contributed by atoms with E-state index in [2.05, 4.69) is 26.8 Å². The molecule has 0 aromatic heterocycles. The monoisotopic (exact) mass is 434 g/mol. The SMILES string of the molecule is CC(C)[C@@H](O)/C=C\[C@@H](C)[C@H]1C[C@@H](O)[C@H]2[C@@H]3C[C@H](O)[C@H]4C[C@@H](O)CC[C@]4(C)[C@H]3CC[C@@]21C. The molecule has 4 rings (SSSR count). The molecule has 0 aromatic rings. The number of allylic oxidation sites excluding steroid dienone is 1. The molecule has 4 N–H and O–H groups in total. The maximum Gasteiger partial charge on any atom is 0.0743 e. The lowest BCUT2D eigenvalue weighted by Crippen LogP contribution is -2.59. The molecule has 4 saturated carbocycles. The van der Waals surface area contributed by atoms with Crippen molar-refractivity contribution in [3.05, 3.63) is 12.2 Å². The van der Waals surface area contributed by atoms with E-state index in [1.54, 1.807) is 0 Å². The van der Waals surface area contributed by atoms with Crippen LogP contribution in [0.4, 0.5) is 0 Å². The lowest BCUT2D eigenvalue weighted by atomic mass is 9.43. The summed E-state index contributed by atoms with van der Waals surface area (Å²) < 4.78 is 0. The Morgan fingerprint density at radius 2 is 1.48 bits per heavy atom. The van der Waals surface area contributed by atoms with Gasteiger partial charge in [0.15, 0.2) is 0 Å². The highest BCUT2D eigenvalue weighted by Gasteiger charge is 2.64. The second-order valence-electron chi connectivity index (χ2n) is 12.6. The molecule has 0 spiro atoms. The summed E-state index contributed by atoms with van der Waals surface area (Å²) in [5.41, 5.74) is 0.151. The Hall–Kier alpha value is -0.420. The van der Waals surface area contributed by atoms with Gasteiger partial charge in [-0.1, -0.05) is 46.8 Å². The van der Waals surface area contributed by atoms with Gasteiger partial charge in [0.2, 0.25) is 0 Å². The topological polar surface area (TPSA) is 80.9 Å². The van der Waals surface area contributed by atoms with E-state index in [-0.39, 0.29) is 46.9 Å². The molecule has 0 bridgehead atoms. The summed E-state index contributed by atoms with van der Waals surface area (Å²) in [6.45, 7) is 11.1. The number of rotatable bonds is 4. The third-order valence-corrected chi connectivity index (χ3v) is 10.6. The molecular weight excluding hydrogens is 388 g/mol. The van der Waals surface area contributed by atoms with Crippen LogP contribution in [0, 0.1) is 52.3 Å². The molecule has 0 aliphatic heterocycles. The Morgan fingerprint density at radius 3 is 2.16 bits per heavy atom. The van der Waals surface area contributed by atoms with Crippen LogP contribution in [-0.2, 0) is 0 Å². The smallest absolute Gasteiger partial charge is 0.0743 e. The van der Waals surface area contributed by atoms with Crippen molar-refractivity contribution in [1.29, 1.82) is 0 Å². The molecule has 4 aliphatic rings. The van der Waals surface area contributed by atoms with Crippen LogP contribution in [0.5, 0.6) is 0 Å². The van der Waals surface area contributed by atoms with Crippen molar-refractivity contribution in [2.24, 2.45) is 52.3 Å². The maximum absolute atomic E-state index is 11.3. The van der Waals surface area contributed by atoms with Crippen LogP contribution in [0.3, 0.4) is 0 Å². The number of hydrogen-bond acceptors (Lipinski definition) is 4. The number of hydrogen-bond donors (Lipinski definition) is 4. The van der Waals surface area contributed by atoms with E-state index in [1.165, 1.54) is 6.42 Å². The average molecular weight is 435 g/mol. The van der Waals surface area contributed by atoms with Gasteiger partial charge in [-0.15, -0.1) is 0 Å². The molecule has 4 aliphatic carbocycles. The van der Waals surface area contributed by atoms with E-state index < -0.39 is 6.10 Å². The van der Waals surface area contributed by atoms with E-state index in [0.717, 1.165) is 38.5 Å². The summed E-state index contributed by atoms with van der Waals surface area (Å²) in [6.07, 6.45) is 9.23. The zero-order valence-corrected chi connectivity index (χ0v) is 20.2. The summed E-state index contributed by atoms with van der Waals surface area (Å²) in [4.78, 5) is 0. The zero-order valence-electron chi connectivity index (χ0n) is 20.2. The van der Waals surface area contributed by atoms with Gasteiger partial charge < -0.3 is 20.4 Å². The predicted octanol–water partition coefficient (Wildman–Crippen LogP) is 4.16. The third-order valence-electron chi connectivity index (χ3n) is 10.6. The van der Waals surface area contributed by atoms with E-state index in [0.29, 0.717) is 23.7 Å². The molecule has 4 heteroatoms. The number of fused-ring (bicyclic) bond motifs is 5. The molecule has 31 heavy (non-hydrogen) atoms. The molecular formula is C27H46O4. The van der Waals surface area contributed by atoms with Gasteiger partial charge in [-0.2, -0.15) is 0 Å². The van der Waals surface area contributed by atoms with Gasteiger partial charge in [0.1, 0.15) is 0 Å². The van der Waals surface area contributed by atoms with Crippen molar-refractivity contribution in [3.63, 3.8) is 0 Å². The fourth-order valence-electron chi connectivity index (χ4n) is 8.85. The van der Waals surface area contributed by atoms with Gasteiger partial charge >= 0.3 is 0 Å². The van der Waals surface area contributed by atoms with Crippen LogP contribution in [-0.4, -0.2) is 44.8 Å². The van der Waals surface area contributed by atoms with Crippen molar-refractivity contribution in [3.8, 4) is 0 Å². The van der Waals surface area contributed by atoms with Gasteiger partial charge in [0.05, 0.1) is 24.4 Å². The quantitative estimate of drug-likeness (QED) is 0.501. The summed E-state index contributed by atoms with van der Waals surface area (Å²) in [7, 11) is 0. The molecule has 0 heterocycles. The minimum absolute atomic E-state index is 0.0736. The fourth-order valence-corrected chi connectivity index (χ4v) is 8.85. The van der Waals surface area contributed by atoms with Crippen LogP contribution in [0.2, 0.25) is 0 Å². The van der Waals surface area contributed by atoms with E-state index in [9.17, 15) is 20.4 Å². The van der Waals surface area contributed by atoms with Crippen LogP contribution >= 0.6 is 0 Å². The summed E-state index contributed by atoms with van der Waals surface area (Å²) >= 11 is 0. The highest BCUT2D eigenvalue weighted by atomic mass is 16.3. The normalized spacial score (nSPS) is 51.9. The van der Waals surface area contributed by atoms with E-state index in [4.69, 9.17) is 0 Å². The largest absolute Gasteiger partial charge is 0.393 e. The molecule has 12 atom stereocenters. The Kier molecular flexibility index (Phi) is 6.44. The second kappa shape index (κ2) is 8.42. The molecule has 0 amide bonds. The first-order valence-corrected chi connectivity index (χ1v) is 12.9. The van der Waals surface area contributed by atoms with Crippen LogP contribution in [0.15, 0.2) is 12.2 Å². The average Bonchev–Trinajstić information content (AvgIpc) is 2.98. The van der Waals surface area contributed by atoms with Crippen molar-refractivity contribution in [2.75, 3.05) is 0 Å². The van der Waals surface area contributed by atoms with Crippen molar-refractivity contribution in [2.45, 2.75) is 104 Å². The molecule has 0 aromatic carbocycles. The Bertz CT molecular complexity index is 676. The van der Waals surface area contributed by atoms with Crippen LogP contribution in [0.25, 0.3) is 0 Å². The van der Waals surface area contributed by atoms with Gasteiger partial charge in [-0.3, -0.25) is 0 Å². The third kappa shape index (κ3) is 3.84. The summed E-state index contributed by atoms with van der Waals surface area (Å²) in [5, 5.41) is 43.0. The van der Waals surface area contributed by atoms with Crippen molar-refractivity contribution in [1.82, 2.24) is 0 Å². The lowest BCUT2D eigenvalue weighted by molar-refractivity contribution is -0.180. The predicted molar refractivity (Wildman–Crippen MR) is 123 cm³/mol. The molecule has 0 radical (unpaired) electrons. The summed E-state index contributed by atoms with van der Waals surface area (Å²) in [5.74, 6) is 2.26. The highest BCUT2D eigenvalue weighted by molar-refractivity contribution is 5.14. The van der Waals surface area contributed by atoms with Gasteiger partial charge in [0, 0.05) is 0 Å². The van der Waals surface area contributed by atoms with Gasteiger partial charge in [0.25, 0.3) is 0 Å². The minimum Gasteiger partial charge on any atom is -0.393 e. The second-order valence-corrected chi connectivity index (χ2v) is 12.6. The number of aliphatic hydroxyl groups excluding tert-OH is 4. The van der Waals surface area contributed by atoms with Crippen molar-refractivity contribution >= 4 is 0 Å². The van der Waals surface area contributed by atoms with Gasteiger partial charge in [-0.25, -0.2) is 0 Å². The molecule has 0 unspecified atom stereocenters. The molecule has 178 valence electrons. The van der Waals surface area contributed by atoms with E-state index >= 15 is 0 Å². The minimum atomic E-state index is -0.417. The van der Waals surface area contributed by atoms with Crippen LogP contribution in [0.1, 0.15) is 79.6 Å². The molecule has 4 fully saturated rings. The number of aliphatic hydroxyl groups is 4. The standard InChI is InChI=1S/C27H46O4/c1-15(2)22(29)7-6-16(3)20-14-24(31)25-18-13-23(30)21-12-17(28)8-10-26(21,4)19(18)9-11-27(20,25)5/h6-7,15-25,28-31H,8-14H2,1-5H3/b7-6-/t16-,17+,18-,19+,20-,21-,22+,23+,24-,25-,26-,27-/m1/s1.